The minimum Gasteiger partial charge on any atom is -0.378 e. The van der Waals surface area contributed by atoms with Gasteiger partial charge in [0.25, 0.3) is 5.69 Å². The maximum atomic E-state index is 12.5. The number of anilines is 1. The second kappa shape index (κ2) is 8.78. The lowest BCUT2D eigenvalue weighted by molar-refractivity contribution is -0.384. The highest BCUT2D eigenvalue weighted by Gasteiger charge is 2.34. The van der Waals surface area contributed by atoms with E-state index in [-0.39, 0.29) is 34.0 Å². The highest BCUT2D eigenvalue weighted by Crippen LogP contribution is 2.29. The second-order valence-electron chi connectivity index (χ2n) is 9.62. The molecule has 1 saturated heterocycles. The molecule has 170 valence electrons. The van der Waals surface area contributed by atoms with Gasteiger partial charge in [-0.3, -0.25) is 15.0 Å². The van der Waals surface area contributed by atoms with Crippen LogP contribution in [0.2, 0.25) is 0 Å². The lowest BCUT2D eigenvalue weighted by atomic mass is 10.00. The number of benzene rings is 1. The van der Waals surface area contributed by atoms with Crippen molar-refractivity contribution in [1.82, 2.24) is 9.62 Å². The zero-order valence-electron chi connectivity index (χ0n) is 18.9. The van der Waals surface area contributed by atoms with Crippen molar-refractivity contribution in [3.05, 3.63) is 28.3 Å². The van der Waals surface area contributed by atoms with Crippen molar-refractivity contribution in [3.8, 4) is 0 Å². The van der Waals surface area contributed by atoms with Crippen molar-refractivity contribution in [2.24, 2.45) is 0 Å². The van der Waals surface area contributed by atoms with E-state index in [1.165, 1.54) is 12.1 Å². The Kier molecular flexibility index (Phi) is 7.17. The van der Waals surface area contributed by atoms with E-state index in [2.05, 4.69) is 28.8 Å². The van der Waals surface area contributed by atoms with Gasteiger partial charge in [-0.2, -0.15) is 0 Å². The molecule has 0 saturated carbocycles. The summed E-state index contributed by atoms with van der Waals surface area (Å²) in [7, 11) is -3.87. The minimum absolute atomic E-state index is 0.113. The Hall–Kier alpha value is -1.75. The Morgan fingerprint density at radius 1 is 1.17 bits per heavy atom. The van der Waals surface area contributed by atoms with E-state index in [1.807, 2.05) is 13.8 Å². The van der Waals surface area contributed by atoms with Crippen molar-refractivity contribution in [3.63, 3.8) is 0 Å². The summed E-state index contributed by atoms with van der Waals surface area (Å²) in [6.07, 6.45) is 0.226. The lowest BCUT2D eigenvalue weighted by Gasteiger charge is -2.45. The summed E-state index contributed by atoms with van der Waals surface area (Å²) >= 11 is 0. The summed E-state index contributed by atoms with van der Waals surface area (Å²) in [5, 5.41) is 14.8. The van der Waals surface area contributed by atoms with Crippen LogP contribution in [0.4, 0.5) is 11.4 Å². The number of nitrogens with one attached hydrogen (secondary N) is 2. The number of morpholine rings is 1. The van der Waals surface area contributed by atoms with Gasteiger partial charge in [0.05, 0.1) is 22.0 Å². The molecule has 0 aromatic heterocycles. The molecule has 0 bridgehead atoms. The van der Waals surface area contributed by atoms with Crippen LogP contribution >= 0.6 is 0 Å². The average Bonchev–Trinajstić information content (AvgIpc) is 2.56. The van der Waals surface area contributed by atoms with Gasteiger partial charge in [-0.1, -0.05) is 0 Å². The van der Waals surface area contributed by atoms with Crippen molar-refractivity contribution in [2.45, 2.75) is 76.6 Å². The number of hydrogen-bond acceptors (Lipinski definition) is 7. The normalized spacial score (nSPS) is 21.4. The summed E-state index contributed by atoms with van der Waals surface area (Å²) in [5.74, 6) is 0. The molecule has 0 aliphatic carbocycles. The molecule has 2 rings (SSSR count). The molecule has 2 N–H and O–H groups in total. The van der Waals surface area contributed by atoms with E-state index in [0.29, 0.717) is 6.54 Å². The van der Waals surface area contributed by atoms with Gasteiger partial charge in [0.15, 0.2) is 0 Å². The van der Waals surface area contributed by atoms with Crippen LogP contribution in [0, 0.1) is 10.1 Å². The van der Waals surface area contributed by atoms with Gasteiger partial charge in [-0.15, -0.1) is 0 Å². The smallest absolute Gasteiger partial charge is 0.293 e. The highest BCUT2D eigenvalue weighted by atomic mass is 32.2. The average molecular weight is 443 g/mol. The number of ether oxygens (including phenoxy) is 1. The molecule has 0 spiro atoms. The monoisotopic (exact) mass is 442 g/mol. The summed E-state index contributed by atoms with van der Waals surface area (Å²) in [4.78, 5) is 13.2. The predicted molar refractivity (Wildman–Crippen MR) is 117 cm³/mol. The highest BCUT2D eigenvalue weighted by molar-refractivity contribution is 7.89. The van der Waals surface area contributed by atoms with Gasteiger partial charge in [0, 0.05) is 36.8 Å². The van der Waals surface area contributed by atoms with E-state index in [9.17, 15) is 18.5 Å². The third kappa shape index (κ3) is 6.37. The molecule has 1 aromatic carbocycles. The number of rotatable bonds is 7. The quantitative estimate of drug-likeness (QED) is 0.493. The molecule has 30 heavy (non-hydrogen) atoms. The summed E-state index contributed by atoms with van der Waals surface area (Å²) in [5.41, 5.74) is -0.955. The predicted octanol–water partition coefficient (Wildman–Crippen LogP) is 2.97. The summed E-state index contributed by atoms with van der Waals surface area (Å²) in [6.45, 7) is 15.3. The second-order valence-corrected chi connectivity index (χ2v) is 11.3. The summed E-state index contributed by atoms with van der Waals surface area (Å²) in [6, 6.07) is 3.94. The lowest BCUT2D eigenvalue weighted by Crippen LogP contribution is -2.57. The van der Waals surface area contributed by atoms with Gasteiger partial charge in [-0.25, -0.2) is 13.1 Å². The number of sulfonamides is 1. The van der Waals surface area contributed by atoms with Crippen molar-refractivity contribution >= 4 is 21.4 Å². The molecule has 2 atom stereocenters. The Labute approximate surface area is 179 Å². The molecule has 1 fully saturated rings. The number of nitrogens with zero attached hydrogens (tertiary/aromatic N) is 2. The SMILES string of the molecule is C[C@@H]1CN(C(C)(C)CNc2ccc(S(=O)(=O)NC(C)(C)C)cc2[N+](=O)[O-])C[C@H](C)O1. The van der Waals surface area contributed by atoms with E-state index >= 15 is 0 Å². The van der Waals surface area contributed by atoms with E-state index < -0.39 is 20.5 Å². The standard InChI is InChI=1S/C20H34N4O5S/c1-14-11-23(12-15(2)29-14)20(6,7)13-21-17-9-8-16(10-18(17)24(25)26)30(27,28)22-19(3,4)5/h8-10,14-15,21-22H,11-13H2,1-7H3/t14-,15+. The largest absolute Gasteiger partial charge is 0.378 e. The first kappa shape index (κ1) is 24.5. The van der Waals surface area contributed by atoms with Gasteiger partial charge >= 0.3 is 0 Å². The van der Waals surface area contributed by atoms with Gasteiger partial charge in [0.2, 0.25) is 10.0 Å². The number of hydrogen-bond donors (Lipinski definition) is 2. The molecule has 1 heterocycles. The Morgan fingerprint density at radius 3 is 2.23 bits per heavy atom. The molecular weight excluding hydrogens is 408 g/mol. The molecule has 0 amide bonds. The Bertz CT molecular complexity index is 870. The molecule has 0 radical (unpaired) electrons. The van der Waals surface area contributed by atoms with Gasteiger partial charge in [-0.05, 0) is 60.6 Å². The maximum Gasteiger partial charge on any atom is 0.293 e. The number of nitro benzene ring substituents is 1. The fraction of sp³-hybridized carbons (Fsp3) is 0.700. The van der Waals surface area contributed by atoms with Crippen molar-refractivity contribution in [2.75, 3.05) is 25.0 Å². The topological polar surface area (TPSA) is 114 Å². The zero-order chi connectivity index (χ0) is 22.9. The minimum atomic E-state index is -3.87. The number of nitro groups is 1. The van der Waals surface area contributed by atoms with E-state index in [1.54, 1.807) is 20.8 Å². The Balaban J connectivity index is 2.23. The van der Waals surface area contributed by atoms with Crippen LogP contribution in [0.5, 0.6) is 0 Å². The summed E-state index contributed by atoms with van der Waals surface area (Å²) < 4.78 is 33.4. The molecule has 1 aliphatic rings. The first-order valence-electron chi connectivity index (χ1n) is 10.1. The van der Waals surface area contributed by atoms with E-state index in [0.717, 1.165) is 19.2 Å². The first-order chi connectivity index (χ1) is 13.6. The van der Waals surface area contributed by atoms with E-state index in [4.69, 9.17) is 4.74 Å². The third-order valence-electron chi connectivity index (χ3n) is 4.90. The van der Waals surface area contributed by atoms with Gasteiger partial charge in [0.1, 0.15) is 5.69 Å². The van der Waals surface area contributed by atoms with Crippen molar-refractivity contribution in [1.29, 1.82) is 0 Å². The maximum absolute atomic E-state index is 12.5. The van der Waals surface area contributed by atoms with Crippen molar-refractivity contribution < 1.29 is 18.1 Å². The molecule has 1 aliphatic heterocycles. The van der Waals surface area contributed by atoms with Crippen LogP contribution < -0.4 is 10.0 Å². The van der Waals surface area contributed by atoms with Crippen LogP contribution in [-0.2, 0) is 14.8 Å². The molecular formula is C20H34N4O5S. The molecule has 9 nitrogen and oxygen atoms in total. The van der Waals surface area contributed by atoms with Crippen LogP contribution in [-0.4, -0.2) is 61.2 Å². The zero-order valence-corrected chi connectivity index (χ0v) is 19.7. The van der Waals surface area contributed by atoms with Crippen LogP contribution in [0.3, 0.4) is 0 Å². The van der Waals surface area contributed by atoms with Gasteiger partial charge < -0.3 is 10.1 Å². The molecule has 10 heteroatoms. The molecule has 0 unspecified atom stereocenters. The third-order valence-corrected chi connectivity index (χ3v) is 6.66. The molecule has 1 aromatic rings. The Morgan fingerprint density at radius 2 is 1.73 bits per heavy atom. The van der Waals surface area contributed by atoms with Crippen LogP contribution in [0.1, 0.15) is 48.5 Å². The van der Waals surface area contributed by atoms with Crippen LogP contribution in [0.15, 0.2) is 23.1 Å². The van der Waals surface area contributed by atoms with Crippen LogP contribution in [0.25, 0.3) is 0 Å². The first-order valence-corrected chi connectivity index (χ1v) is 11.6. The fourth-order valence-corrected chi connectivity index (χ4v) is 4.97. The fourth-order valence-electron chi connectivity index (χ4n) is 3.54.